The summed E-state index contributed by atoms with van der Waals surface area (Å²) in [5.41, 5.74) is -0.520. The summed E-state index contributed by atoms with van der Waals surface area (Å²) >= 11 is 1.90. The van der Waals surface area contributed by atoms with Crippen LogP contribution in [0.4, 0.5) is 0 Å². The third-order valence-electron chi connectivity index (χ3n) is 7.84. The molecule has 1 heterocycles. The van der Waals surface area contributed by atoms with E-state index >= 15 is 0 Å². The van der Waals surface area contributed by atoms with Crippen LogP contribution in [0.1, 0.15) is 59.3 Å². The SMILES string of the molecule is CCCCNC1[NH2+]C2C(C[C@H]3[C@](C)(CO)[C@H](O)CC[C@@]3(C)[C@@H]2CC(=O)[O-])S1. The van der Waals surface area contributed by atoms with Crippen molar-refractivity contribution in [1.29, 1.82) is 0 Å². The van der Waals surface area contributed by atoms with E-state index < -0.39 is 17.5 Å². The first-order valence-corrected chi connectivity index (χ1v) is 11.4. The maximum absolute atomic E-state index is 11.6. The van der Waals surface area contributed by atoms with Crippen LogP contribution >= 0.6 is 11.8 Å². The molecule has 1 aliphatic heterocycles. The molecule has 3 fully saturated rings. The molecule has 7 heteroatoms. The molecule has 0 aromatic rings. The largest absolute Gasteiger partial charge is 0.550 e. The van der Waals surface area contributed by atoms with Gasteiger partial charge in [0.2, 0.25) is 0 Å². The number of thioether (sulfide) groups is 1. The van der Waals surface area contributed by atoms with Gasteiger partial charge in [0, 0.05) is 23.8 Å². The van der Waals surface area contributed by atoms with E-state index in [2.05, 4.69) is 24.5 Å². The molecular formula is C20H36N2O4S. The van der Waals surface area contributed by atoms with Gasteiger partial charge >= 0.3 is 0 Å². The van der Waals surface area contributed by atoms with E-state index in [4.69, 9.17) is 0 Å². The van der Waals surface area contributed by atoms with Gasteiger partial charge in [-0.15, -0.1) is 0 Å². The zero-order valence-electron chi connectivity index (χ0n) is 16.8. The monoisotopic (exact) mass is 400 g/mol. The topological polar surface area (TPSA) is 109 Å². The maximum Gasteiger partial charge on any atom is 0.188 e. The fourth-order valence-corrected chi connectivity index (χ4v) is 7.78. The number of carbonyl (C=O) groups excluding carboxylic acids is 1. The Balaban J connectivity index is 1.87. The van der Waals surface area contributed by atoms with E-state index in [-0.39, 0.29) is 41.8 Å². The predicted molar refractivity (Wildman–Crippen MR) is 104 cm³/mol. The van der Waals surface area contributed by atoms with Crippen LogP contribution in [0.5, 0.6) is 0 Å². The van der Waals surface area contributed by atoms with Crippen molar-refractivity contribution >= 4 is 17.7 Å². The van der Waals surface area contributed by atoms with Crippen LogP contribution in [0.25, 0.3) is 0 Å². The average molecular weight is 401 g/mol. The van der Waals surface area contributed by atoms with Crippen LogP contribution in [-0.4, -0.2) is 52.2 Å². The van der Waals surface area contributed by atoms with Gasteiger partial charge in [-0.2, -0.15) is 0 Å². The Bertz CT molecular complexity index is 550. The van der Waals surface area contributed by atoms with E-state index in [0.717, 1.165) is 32.2 Å². The molecule has 0 aromatic heterocycles. The predicted octanol–water partition coefficient (Wildman–Crippen LogP) is -0.357. The zero-order chi connectivity index (χ0) is 19.8. The number of carbonyl (C=O) groups is 1. The van der Waals surface area contributed by atoms with Gasteiger partial charge in [0.25, 0.3) is 0 Å². The minimum atomic E-state index is -0.988. The van der Waals surface area contributed by atoms with Gasteiger partial charge in [-0.3, -0.25) is 5.32 Å². The Morgan fingerprint density at radius 2 is 2.15 bits per heavy atom. The van der Waals surface area contributed by atoms with Gasteiger partial charge in [0.15, 0.2) is 5.50 Å². The number of aliphatic carboxylic acids is 1. The van der Waals surface area contributed by atoms with E-state index in [1.165, 1.54) is 0 Å². The summed E-state index contributed by atoms with van der Waals surface area (Å²) < 4.78 is 0. The first-order valence-electron chi connectivity index (χ1n) is 10.5. The van der Waals surface area contributed by atoms with Gasteiger partial charge in [-0.25, -0.2) is 0 Å². The van der Waals surface area contributed by atoms with Crippen molar-refractivity contribution in [2.75, 3.05) is 13.2 Å². The van der Waals surface area contributed by atoms with Crippen LogP contribution in [-0.2, 0) is 4.79 Å². The number of aliphatic hydroxyl groups is 2. The molecule has 3 rings (SSSR count). The summed E-state index contributed by atoms with van der Waals surface area (Å²) in [6, 6.07) is 0.242. The Hall–Kier alpha value is -0.340. The summed E-state index contributed by atoms with van der Waals surface area (Å²) in [4.78, 5) is 11.6. The van der Waals surface area contributed by atoms with Crippen molar-refractivity contribution in [3.8, 4) is 0 Å². The summed E-state index contributed by atoms with van der Waals surface area (Å²) in [5, 5.41) is 38.7. The third-order valence-corrected chi connectivity index (χ3v) is 9.31. The lowest BCUT2D eigenvalue weighted by Crippen LogP contribution is -2.97. The number of aliphatic hydroxyl groups excluding tert-OH is 2. The highest BCUT2D eigenvalue weighted by Crippen LogP contribution is 2.62. The number of unbranched alkanes of at least 4 members (excludes halogenated alkanes) is 1. The second-order valence-electron chi connectivity index (χ2n) is 9.37. The van der Waals surface area contributed by atoms with Crippen LogP contribution in [0.2, 0.25) is 0 Å². The Morgan fingerprint density at radius 3 is 2.78 bits per heavy atom. The highest BCUT2D eigenvalue weighted by Gasteiger charge is 2.64. The molecule has 0 bridgehead atoms. The fraction of sp³-hybridized carbons (Fsp3) is 0.950. The maximum atomic E-state index is 11.6. The van der Waals surface area contributed by atoms with Crippen molar-refractivity contribution in [2.24, 2.45) is 22.7 Å². The van der Waals surface area contributed by atoms with Crippen molar-refractivity contribution in [2.45, 2.75) is 82.2 Å². The lowest BCUT2D eigenvalue weighted by molar-refractivity contribution is -0.708. The highest BCUT2D eigenvalue weighted by molar-refractivity contribution is 8.00. The lowest BCUT2D eigenvalue weighted by atomic mass is 9.46. The molecule has 3 unspecified atom stereocenters. The molecule has 3 aliphatic rings. The second kappa shape index (κ2) is 8.19. The Morgan fingerprint density at radius 1 is 1.41 bits per heavy atom. The molecule has 0 spiro atoms. The van der Waals surface area contributed by atoms with Crippen LogP contribution < -0.4 is 15.7 Å². The molecule has 6 nitrogen and oxygen atoms in total. The molecule has 8 atom stereocenters. The van der Waals surface area contributed by atoms with Crippen molar-refractivity contribution in [3.05, 3.63) is 0 Å². The Kier molecular flexibility index (Phi) is 6.48. The summed E-state index contributed by atoms with van der Waals surface area (Å²) in [5.74, 6) is -0.881. The summed E-state index contributed by atoms with van der Waals surface area (Å²) in [6.07, 6.45) is 4.17. The van der Waals surface area contributed by atoms with Gasteiger partial charge in [0.05, 0.1) is 18.0 Å². The van der Waals surface area contributed by atoms with Crippen LogP contribution in [0.3, 0.4) is 0 Å². The van der Waals surface area contributed by atoms with Crippen LogP contribution in [0.15, 0.2) is 0 Å². The molecule has 27 heavy (non-hydrogen) atoms. The average Bonchev–Trinajstić information content (AvgIpc) is 3.03. The van der Waals surface area contributed by atoms with Crippen LogP contribution in [0, 0.1) is 22.7 Å². The Labute approximate surface area is 166 Å². The summed E-state index contributed by atoms with van der Waals surface area (Å²) in [7, 11) is 0. The van der Waals surface area contributed by atoms with E-state index in [9.17, 15) is 20.1 Å². The van der Waals surface area contributed by atoms with Crippen molar-refractivity contribution < 1.29 is 25.4 Å². The normalized spacial score (nSPS) is 46.7. The molecule has 1 saturated heterocycles. The molecule has 2 saturated carbocycles. The van der Waals surface area contributed by atoms with Gasteiger partial charge in [0.1, 0.15) is 6.04 Å². The number of nitrogens with one attached hydrogen (secondary N) is 1. The molecule has 5 N–H and O–H groups in total. The first-order chi connectivity index (χ1) is 12.8. The molecule has 0 aromatic carbocycles. The summed E-state index contributed by atoms with van der Waals surface area (Å²) in [6.45, 7) is 7.27. The number of rotatable bonds is 7. The number of quaternary nitrogens is 1. The lowest BCUT2D eigenvalue weighted by Gasteiger charge is -2.60. The zero-order valence-corrected chi connectivity index (χ0v) is 17.6. The minimum absolute atomic E-state index is 0.00454. The first kappa shape index (κ1) is 21.4. The van der Waals surface area contributed by atoms with Crippen molar-refractivity contribution in [1.82, 2.24) is 5.32 Å². The van der Waals surface area contributed by atoms with Gasteiger partial charge in [-0.05, 0) is 43.4 Å². The fourth-order valence-electron chi connectivity index (χ4n) is 6.15. The minimum Gasteiger partial charge on any atom is -0.550 e. The standard InChI is InChI=1S/C20H36N2O4S/c1-4-5-8-21-18-22-17-12(9-16(25)26)19(2)7-6-15(24)20(3,11-23)14(19)10-13(17)27-18/h12-15,17-18,21-24H,4-11H2,1-3H3,(H,25,26)/t12-,13?,14-,15-,17?,18?,19+,20+/m1/s1. The number of carboxylic acid groups (broad SMARTS) is 1. The molecule has 0 radical (unpaired) electrons. The molecule has 156 valence electrons. The second-order valence-corrected chi connectivity index (χ2v) is 10.8. The molecular weight excluding hydrogens is 364 g/mol. The highest BCUT2D eigenvalue weighted by atomic mass is 32.2. The number of carboxylic acids is 1. The van der Waals surface area contributed by atoms with Crippen molar-refractivity contribution in [3.63, 3.8) is 0 Å². The van der Waals surface area contributed by atoms with E-state index in [1.807, 2.05) is 18.7 Å². The number of hydrogen-bond donors (Lipinski definition) is 4. The molecule has 0 amide bonds. The number of hydrogen-bond acceptors (Lipinski definition) is 6. The number of nitrogens with two attached hydrogens (primary N) is 1. The van der Waals surface area contributed by atoms with E-state index in [0.29, 0.717) is 11.7 Å². The van der Waals surface area contributed by atoms with E-state index in [1.54, 1.807) is 0 Å². The number of fused-ring (bicyclic) bond motifs is 2. The smallest absolute Gasteiger partial charge is 0.188 e. The van der Waals surface area contributed by atoms with Gasteiger partial charge < -0.3 is 25.4 Å². The quantitative estimate of drug-likeness (QED) is 0.435. The van der Waals surface area contributed by atoms with Gasteiger partial charge in [-0.1, -0.05) is 39.0 Å². The third kappa shape index (κ3) is 3.78. The molecule has 2 aliphatic carbocycles.